The second-order valence-corrected chi connectivity index (χ2v) is 5.64. The van der Waals surface area contributed by atoms with Gasteiger partial charge in [0.15, 0.2) is 0 Å². The lowest BCUT2D eigenvalue weighted by Gasteiger charge is -2.18. The topological polar surface area (TPSA) is 81.2 Å². The summed E-state index contributed by atoms with van der Waals surface area (Å²) in [5.41, 5.74) is 3.39. The predicted octanol–water partition coefficient (Wildman–Crippen LogP) is 2.17. The molecule has 0 aliphatic rings. The Labute approximate surface area is 140 Å². The molecular weight excluding hydrogens is 304 g/mol. The summed E-state index contributed by atoms with van der Waals surface area (Å²) in [5, 5.41) is 19.9. The van der Waals surface area contributed by atoms with Crippen LogP contribution in [0.15, 0.2) is 48.5 Å². The van der Waals surface area contributed by atoms with Gasteiger partial charge in [0.1, 0.15) is 0 Å². The second kappa shape index (κ2) is 7.14. The average molecular weight is 324 g/mol. The summed E-state index contributed by atoms with van der Waals surface area (Å²) in [7, 11) is 1.91. The minimum Gasteiger partial charge on any atom is -0.395 e. The van der Waals surface area contributed by atoms with E-state index in [0.717, 1.165) is 28.0 Å². The van der Waals surface area contributed by atoms with Gasteiger partial charge in [-0.2, -0.15) is 5.10 Å². The van der Waals surface area contributed by atoms with Crippen LogP contribution in [-0.4, -0.2) is 41.4 Å². The highest BCUT2D eigenvalue weighted by Crippen LogP contribution is 2.18. The van der Waals surface area contributed by atoms with E-state index < -0.39 is 0 Å². The molecule has 3 rings (SSSR count). The number of H-pyrrole nitrogens is 1. The number of amides is 1. The molecule has 0 spiro atoms. The number of carbonyl (C=O) groups excluding carboxylic acids is 1. The van der Waals surface area contributed by atoms with Crippen LogP contribution in [0.25, 0.3) is 10.9 Å². The van der Waals surface area contributed by atoms with Gasteiger partial charge in [-0.1, -0.05) is 18.2 Å². The Morgan fingerprint density at radius 1 is 1.21 bits per heavy atom. The number of anilines is 2. The summed E-state index contributed by atoms with van der Waals surface area (Å²) < 4.78 is 0. The first kappa shape index (κ1) is 16.0. The van der Waals surface area contributed by atoms with Crippen LogP contribution in [0.1, 0.15) is 5.69 Å². The van der Waals surface area contributed by atoms with Crippen LogP contribution >= 0.6 is 0 Å². The Kier molecular flexibility index (Phi) is 4.77. The molecule has 124 valence electrons. The number of hydrogen-bond acceptors (Lipinski definition) is 4. The van der Waals surface area contributed by atoms with E-state index in [1.54, 1.807) is 0 Å². The van der Waals surface area contributed by atoms with Crippen LogP contribution < -0.4 is 10.2 Å². The molecule has 0 radical (unpaired) electrons. The molecule has 1 heterocycles. The van der Waals surface area contributed by atoms with Crippen LogP contribution in [0, 0.1) is 0 Å². The molecule has 0 saturated heterocycles. The molecule has 0 fully saturated rings. The van der Waals surface area contributed by atoms with Crippen molar-refractivity contribution in [1.29, 1.82) is 0 Å². The number of nitrogens with one attached hydrogen (secondary N) is 2. The van der Waals surface area contributed by atoms with Crippen molar-refractivity contribution >= 4 is 28.2 Å². The first-order chi connectivity index (χ1) is 11.7. The van der Waals surface area contributed by atoms with E-state index in [1.165, 1.54) is 0 Å². The molecular formula is C18H20N4O2. The van der Waals surface area contributed by atoms with Gasteiger partial charge in [0, 0.05) is 30.4 Å². The van der Waals surface area contributed by atoms with E-state index in [2.05, 4.69) is 15.5 Å². The highest BCUT2D eigenvalue weighted by atomic mass is 16.3. The Morgan fingerprint density at radius 2 is 1.96 bits per heavy atom. The lowest BCUT2D eigenvalue weighted by Crippen LogP contribution is -2.21. The van der Waals surface area contributed by atoms with Crippen molar-refractivity contribution in [2.24, 2.45) is 0 Å². The van der Waals surface area contributed by atoms with Crippen molar-refractivity contribution in [1.82, 2.24) is 10.2 Å². The van der Waals surface area contributed by atoms with Crippen molar-refractivity contribution in [3.8, 4) is 0 Å². The number of aromatic amines is 1. The third kappa shape index (κ3) is 3.55. The van der Waals surface area contributed by atoms with E-state index in [-0.39, 0.29) is 18.9 Å². The van der Waals surface area contributed by atoms with Crippen LogP contribution in [0.5, 0.6) is 0 Å². The normalized spacial score (nSPS) is 10.8. The number of carbonyl (C=O) groups is 1. The van der Waals surface area contributed by atoms with E-state index in [9.17, 15) is 4.79 Å². The van der Waals surface area contributed by atoms with Crippen molar-refractivity contribution in [3.05, 3.63) is 54.2 Å². The Bertz CT molecular complexity index is 826. The van der Waals surface area contributed by atoms with Crippen molar-refractivity contribution in [2.45, 2.75) is 6.42 Å². The molecule has 6 nitrogen and oxygen atoms in total. The van der Waals surface area contributed by atoms with Gasteiger partial charge in [-0.25, -0.2) is 0 Å². The van der Waals surface area contributed by atoms with Gasteiger partial charge in [-0.3, -0.25) is 9.89 Å². The van der Waals surface area contributed by atoms with Gasteiger partial charge < -0.3 is 15.3 Å². The standard InChI is InChI=1S/C18H20N4O2/c1-22(10-11-23)14-8-6-13(7-9-14)19-18(24)12-17-15-4-2-3-5-16(15)20-21-17/h2-9,23H,10-12H2,1H3,(H,19,24)(H,20,21). The van der Waals surface area contributed by atoms with E-state index in [1.807, 2.05) is 60.5 Å². The van der Waals surface area contributed by atoms with Gasteiger partial charge in [-0.15, -0.1) is 0 Å². The molecule has 0 aliphatic heterocycles. The average Bonchev–Trinajstić information content (AvgIpc) is 2.99. The molecule has 0 aliphatic carbocycles. The minimum atomic E-state index is -0.0964. The molecule has 24 heavy (non-hydrogen) atoms. The first-order valence-electron chi connectivity index (χ1n) is 7.81. The lowest BCUT2D eigenvalue weighted by molar-refractivity contribution is -0.115. The maximum Gasteiger partial charge on any atom is 0.230 e. The molecule has 0 bridgehead atoms. The van der Waals surface area contributed by atoms with Crippen LogP contribution in [0.4, 0.5) is 11.4 Å². The summed E-state index contributed by atoms with van der Waals surface area (Å²) in [6.07, 6.45) is 0.243. The minimum absolute atomic E-state index is 0.0964. The number of aliphatic hydroxyl groups excluding tert-OH is 1. The molecule has 0 saturated carbocycles. The molecule has 0 atom stereocenters. The number of likely N-dealkylation sites (N-methyl/N-ethyl adjacent to an activating group) is 1. The molecule has 2 aromatic carbocycles. The van der Waals surface area contributed by atoms with E-state index >= 15 is 0 Å². The molecule has 0 unspecified atom stereocenters. The number of benzene rings is 2. The van der Waals surface area contributed by atoms with Gasteiger partial charge >= 0.3 is 0 Å². The number of aromatic nitrogens is 2. The number of rotatable bonds is 6. The Balaban J connectivity index is 1.64. The Morgan fingerprint density at radius 3 is 2.71 bits per heavy atom. The van der Waals surface area contributed by atoms with Crippen LogP contribution in [0.3, 0.4) is 0 Å². The highest BCUT2D eigenvalue weighted by Gasteiger charge is 2.10. The zero-order chi connectivity index (χ0) is 16.9. The number of fused-ring (bicyclic) bond motifs is 1. The third-order valence-corrected chi connectivity index (χ3v) is 3.91. The zero-order valence-electron chi connectivity index (χ0n) is 13.5. The molecule has 6 heteroatoms. The summed E-state index contributed by atoms with van der Waals surface area (Å²) in [5.74, 6) is -0.0964. The van der Waals surface area contributed by atoms with Crippen molar-refractivity contribution in [2.75, 3.05) is 30.4 Å². The molecule has 3 aromatic rings. The number of nitrogens with zero attached hydrogens (tertiary/aromatic N) is 2. The summed E-state index contributed by atoms with van der Waals surface area (Å²) in [6, 6.07) is 15.2. The van der Waals surface area contributed by atoms with Gasteiger partial charge in [0.2, 0.25) is 5.91 Å². The smallest absolute Gasteiger partial charge is 0.230 e. The largest absolute Gasteiger partial charge is 0.395 e. The zero-order valence-corrected chi connectivity index (χ0v) is 13.5. The fraction of sp³-hybridized carbons (Fsp3) is 0.222. The fourth-order valence-electron chi connectivity index (χ4n) is 2.59. The molecule has 1 aromatic heterocycles. The maximum absolute atomic E-state index is 12.2. The third-order valence-electron chi connectivity index (χ3n) is 3.91. The van der Waals surface area contributed by atoms with Gasteiger partial charge in [0.25, 0.3) is 0 Å². The molecule has 1 amide bonds. The van der Waals surface area contributed by atoms with Crippen LogP contribution in [0.2, 0.25) is 0 Å². The van der Waals surface area contributed by atoms with Crippen molar-refractivity contribution in [3.63, 3.8) is 0 Å². The predicted molar refractivity (Wildman–Crippen MR) is 95.2 cm³/mol. The SMILES string of the molecule is CN(CCO)c1ccc(NC(=O)Cc2[nH]nc3ccccc23)cc1. The maximum atomic E-state index is 12.2. The number of para-hydroxylation sites is 1. The van der Waals surface area contributed by atoms with Crippen LogP contribution in [-0.2, 0) is 11.2 Å². The van der Waals surface area contributed by atoms with E-state index in [4.69, 9.17) is 5.11 Å². The van der Waals surface area contributed by atoms with Gasteiger partial charge in [0.05, 0.1) is 24.2 Å². The monoisotopic (exact) mass is 324 g/mol. The van der Waals surface area contributed by atoms with Gasteiger partial charge in [-0.05, 0) is 30.3 Å². The van der Waals surface area contributed by atoms with E-state index in [0.29, 0.717) is 6.54 Å². The first-order valence-corrected chi connectivity index (χ1v) is 7.81. The summed E-state index contributed by atoms with van der Waals surface area (Å²) in [6.45, 7) is 0.672. The molecule has 3 N–H and O–H groups in total. The van der Waals surface area contributed by atoms with Crippen molar-refractivity contribution < 1.29 is 9.90 Å². The number of hydrogen-bond donors (Lipinski definition) is 3. The summed E-state index contributed by atoms with van der Waals surface area (Å²) >= 11 is 0. The lowest BCUT2D eigenvalue weighted by atomic mass is 10.1. The number of aliphatic hydroxyl groups is 1. The second-order valence-electron chi connectivity index (χ2n) is 5.64. The summed E-state index contributed by atoms with van der Waals surface area (Å²) in [4.78, 5) is 14.2. The Hall–Kier alpha value is -2.86. The quantitative estimate of drug-likeness (QED) is 0.649. The highest BCUT2D eigenvalue weighted by molar-refractivity contribution is 5.95. The fourth-order valence-corrected chi connectivity index (χ4v) is 2.59.